The second kappa shape index (κ2) is 8.62. The molecule has 1 aliphatic heterocycles. The Morgan fingerprint density at radius 2 is 1.90 bits per heavy atom. The normalized spacial score (nSPS) is 16.0. The fourth-order valence-corrected chi connectivity index (χ4v) is 4.28. The van der Waals surface area contributed by atoms with Crippen molar-refractivity contribution in [1.29, 1.82) is 0 Å². The minimum Gasteiger partial charge on any atom is -0.497 e. The van der Waals surface area contributed by atoms with Crippen molar-refractivity contribution in [2.45, 2.75) is 13.0 Å². The van der Waals surface area contributed by atoms with Crippen LogP contribution in [-0.2, 0) is 16.1 Å². The smallest absolute Gasteiger partial charge is 0.233 e. The first-order chi connectivity index (χ1) is 14.5. The number of rotatable bonds is 6. The lowest BCUT2D eigenvalue weighted by atomic mass is 10.1. The van der Waals surface area contributed by atoms with E-state index >= 15 is 0 Å². The van der Waals surface area contributed by atoms with Crippen molar-refractivity contribution in [2.75, 3.05) is 25.6 Å². The highest BCUT2D eigenvalue weighted by Crippen LogP contribution is 2.30. The molecule has 0 N–H and O–H groups in total. The van der Waals surface area contributed by atoms with Crippen LogP contribution in [0.2, 0.25) is 0 Å². The molecule has 1 atom stereocenters. The van der Waals surface area contributed by atoms with Crippen LogP contribution in [0.3, 0.4) is 0 Å². The van der Waals surface area contributed by atoms with Crippen LogP contribution in [0, 0.1) is 5.92 Å². The molecule has 1 aromatic heterocycles. The van der Waals surface area contributed by atoms with E-state index in [1.54, 1.807) is 19.1 Å². The van der Waals surface area contributed by atoms with E-state index in [0.29, 0.717) is 18.2 Å². The topological polar surface area (TPSA) is 75.6 Å². The monoisotopic (exact) mass is 422 g/mol. The maximum atomic E-state index is 13.0. The molecular weight excluding hydrogens is 400 g/mol. The third-order valence-corrected chi connectivity index (χ3v) is 6.20. The van der Waals surface area contributed by atoms with Crippen molar-refractivity contribution in [2.24, 2.45) is 5.92 Å². The van der Waals surface area contributed by atoms with Crippen molar-refractivity contribution in [1.82, 2.24) is 15.1 Å². The number of anilines is 1. The molecule has 0 bridgehead atoms. The van der Waals surface area contributed by atoms with Crippen LogP contribution >= 0.6 is 11.3 Å². The first kappa shape index (κ1) is 20.0. The van der Waals surface area contributed by atoms with Gasteiger partial charge in [0.25, 0.3) is 0 Å². The molecule has 0 aliphatic carbocycles. The van der Waals surface area contributed by atoms with Gasteiger partial charge in [0.2, 0.25) is 16.9 Å². The van der Waals surface area contributed by atoms with Gasteiger partial charge in [-0.25, -0.2) is 0 Å². The second-order valence-corrected chi connectivity index (χ2v) is 8.13. The number of carbonyl (C=O) groups excluding carboxylic acids is 2. The molecule has 1 aliphatic rings. The number of benzene rings is 2. The number of hydrogen-bond donors (Lipinski definition) is 0. The molecule has 30 heavy (non-hydrogen) atoms. The predicted molar refractivity (Wildman–Crippen MR) is 115 cm³/mol. The summed E-state index contributed by atoms with van der Waals surface area (Å²) in [6.07, 6.45) is 0.212. The van der Waals surface area contributed by atoms with Crippen molar-refractivity contribution in [3.05, 3.63) is 60.2 Å². The summed E-state index contributed by atoms with van der Waals surface area (Å²) in [6.45, 7) is 0.881. The maximum Gasteiger partial charge on any atom is 0.233 e. The van der Waals surface area contributed by atoms with Crippen LogP contribution < -0.4 is 9.64 Å². The lowest BCUT2D eigenvalue weighted by Crippen LogP contribution is -2.34. The van der Waals surface area contributed by atoms with Gasteiger partial charge in [0.1, 0.15) is 10.8 Å². The molecule has 0 saturated carbocycles. The fourth-order valence-electron chi connectivity index (χ4n) is 3.46. The SMILES string of the molecule is COc1ccc(CN2C[C@H](C(=O)N(C)c3nnc(-c4ccccc4)s3)CC2=O)cc1. The molecule has 154 valence electrons. The van der Waals surface area contributed by atoms with Crippen molar-refractivity contribution >= 4 is 28.3 Å². The van der Waals surface area contributed by atoms with E-state index in [9.17, 15) is 9.59 Å². The summed E-state index contributed by atoms with van der Waals surface area (Å²) >= 11 is 1.36. The fraction of sp³-hybridized carbons (Fsp3) is 0.273. The predicted octanol–water partition coefficient (Wildman–Crippen LogP) is 3.23. The lowest BCUT2D eigenvalue weighted by molar-refractivity contribution is -0.128. The van der Waals surface area contributed by atoms with Crippen LogP contribution in [0.1, 0.15) is 12.0 Å². The number of methoxy groups -OCH3 is 1. The van der Waals surface area contributed by atoms with Gasteiger partial charge in [-0.3, -0.25) is 14.5 Å². The van der Waals surface area contributed by atoms with Gasteiger partial charge in [-0.2, -0.15) is 0 Å². The summed E-state index contributed by atoms with van der Waals surface area (Å²) in [7, 11) is 3.31. The average Bonchev–Trinajstić information content (AvgIpc) is 3.41. The molecule has 3 aromatic rings. The zero-order valence-corrected chi connectivity index (χ0v) is 17.6. The van der Waals surface area contributed by atoms with Crippen LogP contribution in [0.4, 0.5) is 5.13 Å². The number of carbonyl (C=O) groups is 2. The van der Waals surface area contributed by atoms with E-state index in [-0.39, 0.29) is 24.2 Å². The first-order valence-corrected chi connectivity index (χ1v) is 10.4. The Kier molecular flexibility index (Phi) is 5.76. The van der Waals surface area contributed by atoms with Gasteiger partial charge in [-0.1, -0.05) is 53.8 Å². The molecule has 4 rings (SSSR count). The number of aromatic nitrogens is 2. The van der Waals surface area contributed by atoms with Crippen molar-refractivity contribution < 1.29 is 14.3 Å². The van der Waals surface area contributed by atoms with E-state index in [1.807, 2.05) is 54.6 Å². The van der Waals surface area contributed by atoms with Crippen molar-refractivity contribution in [3.8, 4) is 16.3 Å². The van der Waals surface area contributed by atoms with E-state index in [4.69, 9.17) is 4.74 Å². The summed E-state index contributed by atoms with van der Waals surface area (Å²) in [5.41, 5.74) is 1.96. The van der Waals surface area contributed by atoms with Crippen molar-refractivity contribution in [3.63, 3.8) is 0 Å². The number of ether oxygens (including phenoxy) is 1. The first-order valence-electron chi connectivity index (χ1n) is 9.62. The zero-order chi connectivity index (χ0) is 21.1. The molecule has 2 heterocycles. The molecule has 2 aromatic carbocycles. The Hall–Kier alpha value is -3.26. The van der Waals surface area contributed by atoms with Gasteiger partial charge in [-0.05, 0) is 17.7 Å². The largest absolute Gasteiger partial charge is 0.497 e. The van der Waals surface area contributed by atoms with E-state index in [1.165, 1.54) is 16.2 Å². The maximum absolute atomic E-state index is 13.0. The van der Waals surface area contributed by atoms with E-state index in [2.05, 4.69) is 10.2 Å². The number of amides is 2. The molecule has 1 saturated heterocycles. The average molecular weight is 423 g/mol. The van der Waals surface area contributed by atoms with Gasteiger partial charge >= 0.3 is 0 Å². The molecule has 7 nitrogen and oxygen atoms in total. The van der Waals surface area contributed by atoms with Gasteiger partial charge in [-0.15, -0.1) is 10.2 Å². The van der Waals surface area contributed by atoms with Crippen LogP contribution in [0.25, 0.3) is 10.6 Å². The quantitative estimate of drug-likeness (QED) is 0.610. The summed E-state index contributed by atoms with van der Waals surface area (Å²) in [6, 6.07) is 17.3. The Labute approximate surface area is 178 Å². The van der Waals surface area contributed by atoms with Crippen LogP contribution in [0.5, 0.6) is 5.75 Å². The Morgan fingerprint density at radius 3 is 2.60 bits per heavy atom. The lowest BCUT2D eigenvalue weighted by Gasteiger charge is -2.19. The van der Waals surface area contributed by atoms with Gasteiger partial charge < -0.3 is 9.64 Å². The van der Waals surface area contributed by atoms with Crippen LogP contribution in [0.15, 0.2) is 54.6 Å². The summed E-state index contributed by atoms with van der Waals surface area (Å²) < 4.78 is 5.17. The number of likely N-dealkylation sites (tertiary alicyclic amines) is 1. The molecule has 1 fully saturated rings. The van der Waals surface area contributed by atoms with E-state index in [0.717, 1.165) is 21.9 Å². The van der Waals surface area contributed by atoms with Crippen LogP contribution in [-0.4, -0.2) is 47.6 Å². The minimum atomic E-state index is -0.384. The molecule has 2 amide bonds. The Balaban J connectivity index is 1.41. The summed E-state index contributed by atoms with van der Waals surface area (Å²) in [4.78, 5) is 28.7. The Bertz CT molecular complexity index is 1040. The molecular formula is C22H22N4O3S. The highest BCUT2D eigenvalue weighted by molar-refractivity contribution is 7.18. The summed E-state index contributed by atoms with van der Waals surface area (Å²) in [5, 5.41) is 9.66. The minimum absolute atomic E-state index is 0.0141. The molecule has 0 spiro atoms. The van der Waals surface area contributed by atoms with Gasteiger partial charge in [0.05, 0.1) is 13.0 Å². The third-order valence-electron chi connectivity index (χ3n) is 5.15. The second-order valence-electron chi connectivity index (χ2n) is 7.18. The standard InChI is InChI=1S/C22H22N4O3S/c1-25(22-24-23-20(30-22)16-6-4-3-5-7-16)21(28)17-12-19(27)26(14-17)13-15-8-10-18(29-2)11-9-15/h3-11,17H,12-14H2,1-2H3/t17-/m1/s1. The van der Waals surface area contributed by atoms with E-state index < -0.39 is 0 Å². The molecule has 8 heteroatoms. The molecule has 0 radical (unpaired) electrons. The third kappa shape index (κ3) is 4.18. The zero-order valence-electron chi connectivity index (χ0n) is 16.8. The van der Waals surface area contributed by atoms with Gasteiger partial charge in [0, 0.05) is 32.1 Å². The number of nitrogens with zero attached hydrogens (tertiary/aromatic N) is 4. The summed E-state index contributed by atoms with van der Waals surface area (Å²) in [5.74, 6) is 0.258. The highest BCUT2D eigenvalue weighted by atomic mass is 32.1. The number of hydrogen-bond acceptors (Lipinski definition) is 6. The highest BCUT2D eigenvalue weighted by Gasteiger charge is 2.36. The molecule has 0 unspecified atom stereocenters. The Morgan fingerprint density at radius 1 is 1.17 bits per heavy atom. The van der Waals surface area contributed by atoms with Gasteiger partial charge in [0.15, 0.2) is 0 Å².